The number of ether oxygens (including phenoxy) is 2. The van der Waals surface area contributed by atoms with E-state index in [1.165, 1.54) is 24.5 Å². The number of imidazole rings is 1. The molecule has 0 atom stereocenters. The summed E-state index contributed by atoms with van der Waals surface area (Å²) in [5, 5.41) is 4.32. The Kier molecular flexibility index (Phi) is 6.42. The Labute approximate surface area is 204 Å². The molecule has 0 unspecified atom stereocenters. The van der Waals surface area contributed by atoms with Crippen molar-refractivity contribution in [2.24, 2.45) is 5.10 Å². The van der Waals surface area contributed by atoms with E-state index in [4.69, 9.17) is 4.74 Å². The Morgan fingerprint density at radius 1 is 1.08 bits per heavy atom. The van der Waals surface area contributed by atoms with Crippen molar-refractivity contribution >= 4 is 29.1 Å². The maximum atomic E-state index is 12.7. The van der Waals surface area contributed by atoms with Gasteiger partial charge in [0, 0.05) is 19.2 Å². The van der Waals surface area contributed by atoms with E-state index < -0.39 is 6.36 Å². The molecule has 4 aromatic rings. The van der Waals surface area contributed by atoms with Gasteiger partial charge in [-0.3, -0.25) is 9.99 Å². The number of hydrogen-bond acceptors (Lipinski definition) is 8. The molecule has 1 aliphatic rings. The minimum Gasteiger partial charge on any atom is -0.406 e. The number of benzene rings is 2. The fourth-order valence-electron chi connectivity index (χ4n) is 3.81. The van der Waals surface area contributed by atoms with Crippen LogP contribution in [0.1, 0.15) is 11.1 Å². The van der Waals surface area contributed by atoms with E-state index in [1.807, 2.05) is 36.1 Å². The third-order valence-corrected chi connectivity index (χ3v) is 5.43. The second-order valence-corrected chi connectivity index (χ2v) is 8.09. The maximum Gasteiger partial charge on any atom is 0.573 e. The normalized spacial score (nSPS) is 14.5. The summed E-state index contributed by atoms with van der Waals surface area (Å²) < 4.78 is 49.3. The Bertz CT molecular complexity index is 1400. The highest BCUT2D eigenvalue weighted by Crippen LogP contribution is 2.28. The summed E-state index contributed by atoms with van der Waals surface area (Å²) in [6.07, 6.45) is -1.65. The Morgan fingerprint density at radius 2 is 1.89 bits per heavy atom. The molecule has 9 nitrogen and oxygen atoms in total. The number of aromatic nitrogens is 4. The number of alkyl halides is 3. The molecule has 0 aliphatic carbocycles. The van der Waals surface area contributed by atoms with Crippen LogP contribution in [0.4, 0.5) is 24.9 Å². The summed E-state index contributed by atoms with van der Waals surface area (Å²) in [5.41, 5.74) is 6.19. The molecule has 186 valence electrons. The fraction of sp³-hybridized carbons (Fsp3) is 0.250. The van der Waals surface area contributed by atoms with E-state index in [0.717, 1.165) is 11.1 Å². The molecule has 1 N–H and O–H groups in total. The van der Waals surface area contributed by atoms with E-state index in [-0.39, 0.29) is 5.75 Å². The van der Waals surface area contributed by atoms with Crippen molar-refractivity contribution in [2.75, 3.05) is 36.6 Å². The molecule has 0 spiro atoms. The lowest BCUT2D eigenvalue weighted by Crippen LogP contribution is -2.37. The third-order valence-electron chi connectivity index (χ3n) is 5.43. The number of nitrogens with zero attached hydrogens (tertiary/aromatic N) is 6. The van der Waals surface area contributed by atoms with Crippen LogP contribution in [0.3, 0.4) is 0 Å². The smallest absolute Gasteiger partial charge is 0.406 e. The van der Waals surface area contributed by atoms with E-state index in [9.17, 15) is 13.2 Å². The number of rotatable bonds is 6. The van der Waals surface area contributed by atoms with E-state index in [1.54, 1.807) is 16.8 Å². The van der Waals surface area contributed by atoms with Gasteiger partial charge in [-0.25, -0.2) is 4.98 Å². The number of anilines is 2. The largest absolute Gasteiger partial charge is 0.573 e. The summed E-state index contributed by atoms with van der Waals surface area (Å²) in [6, 6.07) is 13.5. The number of hydrazone groups is 1. The predicted octanol–water partition coefficient (Wildman–Crippen LogP) is 4.31. The Morgan fingerprint density at radius 3 is 2.67 bits per heavy atom. The second kappa shape index (κ2) is 9.82. The zero-order chi connectivity index (χ0) is 25.1. The number of morpholine rings is 1. The van der Waals surface area contributed by atoms with Crippen LogP contribution in [0, 0.1) is 6.92 Å². The molecule has 1 saturated heterocycles. The lowest BCUT2D eigenvalue weighted by atomic mass is 10.2. The topological polar surface area (TPSA) is 89.7 Å². The van der Waals surface area contributed by atoms with Crippen LogP contribution in [0.25, 0.3) is 16.9 Å². The second-order valence-electron chi connectivity index (χ2n) is 8.09. The van der Waals surface area contributed by atoms with Gasteiger partial charge in [0.15, 0.2) is 17.0 Å². The average molecular weight is 497 g/mol. The zero-order valence-electron chi connectivity index (χ0n) is 19.2. The Hall–Kier alpha value is -4.19. The van der Waals surface area contributed by atoms with Crippen molar-refractivity contribution in [1.82, 2.24) is 19.5 Å². The number of fused-ring (bicyclic) bond motifs is 1. The van der Waals surface area contributed by atoms with Crippen molar-refractivity contribution < 1.29 is 22.6 Å². The standard InChI is InChI=1S/C24H22F3N7O2/c1-16-4-2-5-17(12-16)14-29-32-21-20-22(31-23(30-21)33-8-10-35-11-9-33)34(15-28-20)18-6-3-7-19(13-18)36-24(25,26)27/h2-7,12-15H,8-11H2,1H3,(H,30,31,32). The highest BCUT2D eigenvalue weighted by atomic mass is 19.4. The van der Waals surface area contributed by atoms with Crippen molar-refractivity contribution in [3.63, 3.8) is 0 Å². The van der Waals surface area contributed by atoms with Crippen LogP contribution in [-0.4, -0.2) is 58.4 Å². The van der Waals surface area contributed by atoms with Crippen molar-refractivity contribution in [2.45, 2.75) is 13.3 Å². The molecule has 5 rings (SSSR count). The summed E-state index contributed by atoms with van der Waals surface area (Å²) in [4.78, 5) is 15.7. The van der Waals surface area contributed by atoms with Crippen molar-refractivity contribution in [3.8, 4) is 11.4 Å². The third kappa shape index (κ3) is 5.38. The van der Waals surface area contributed by atoms with Gasteiger partial charge in [-0.1, -0.05) is 35.9 Å². The number of nitrogens with one attached hydrogen (secondary N) is 1. The SMILES string of the molecule is Cc1cccc(C=NNc2nc(N3CCOCC3)nc3c2ncn3-c2cccc(OC(F)(F)F)c2)c1. The molecule has 2 aromatic heterocycles. The summed E-state index contributed by atoms with van der Waals surface area (Å²) in [5.74, 6) is 0.459. The molecule has 2 aromatic carbocycles. The van der Waals surface area contributed by atoms with Crippen LogP contribution in [0.15, 0.2) is 60.0 Å². The number of halogens is 3. The predicted molar refractivity (Wildman–Crippen MR) is 129 cm³/mol. The van der Waals surface area contributed by atoms with Gasteiger partial charge in [0.25, 0.3) is 0 Å². The first-order valence-electron chi connectivity index (χ1n) is 11.2. The maximum absolute atomic E-state index is 12.7. The average Bonchev–Trinajstić information content (AvgIpc) is 3.28. The lowest BCUT2D eigenvalue weighted by Gasteiger charge is -2.27. The number of aryl methyl sites for hydroxylation is 1. The molecule has 0 bridgehead atoms. The van der Waals surface area contributed by atoms with E-state index in [2.05, 4.69) is 30.2 Å². The van der Waals surface area contributed by atoms with Gasteiger partial charge in [-0.15, -0.1) is 13.2 Å². The minimum absolute atomic E-state index is 0.342. The van der Waals surface area contributed by atoms with Gasteiger partial charge in [0.2, 0.25) is 5.95 Å². The van der Waals surface area contributed by atoms with E-state index >= 15 is 0 Å². The Balaban J connectivity index is 1.54. The van der Waals surface area contributed by atoms with Crippen LogP contribution in [0.2, 0.25) is 0 Å². The van der Waals surface area contributed by atoms with Gasteiger partial charge in [0.05, 0.1) is 25.1 Å². The monoisotopic (exact) mass is 497 g/mol. The minimum atomic E-state index is -4.80. The van der Waals surface area contributed by atoms with Gasteiger partial charge in [0.1, 0.15) is 12.1 Å². The van der Waals surface area contributed by atoms with Gasteiger partial charge >= 0.3 is 6.36 Å². The molecular formula is C24H22F3N7O2. The lowest BCUT2D eigenvalue weighted by molar-refractivity contribution is -0.274. The van der Waals surface area contributed by atoms with Crippen LogP contribution < -0.4 is 15.1 Å². The molecule has 1 fully saturated rings. The van der Waals surface area contributed by atoms with Gasteiger partial charge in [-0.05, 0) is 24.6 Å². The summed E-state index contributed by atoms with van der Waals surface area (Å²) in [6.45, 7) is 4.26. The van der Waals surface area contributed by atoms with Crippen LogP contribution >= 0.6 is 0 Å². The molecule has 1 aliphatic heterocycles. The van der Waals surface area contributed by atoms with Gasteiger partial charge < -0.3 is 14.4 Å². The molecule has 0 saturated carbocycles. The molecule has 36 heavy (non-hydrogen) atoms. The highest BCUT2D eigenvalue weighted by molar-refractivity contribution is 5.87. The highest BCUT2D eigenvalue weighted by Gasteiger charge is 2.31. The fourth-order valence-corrected chi connectivity index (χ4v) is 3.81. The van der Waals surface area contributed by atoms with E-state index in [0.29, 0.717) is 54.9 Å². The molecule has 3 heterocycles. The first-order chi connectivity index (χ1) is 17.4. The van der Waals surface area contributed by atoms with Crippen molar-refractivity contribution in [1.29, 1.82) is 0 Å². The first-order valence-corrected chi connectivity index (χ1v) is 11.2. The summed E-state index contributed by atoms with van der Waals surface area (Å²) in [7, 11) is 0. The quantitative estimate of drug-likeness (QED) is 0.314. The van der Waals surface area contributed by atoms with Crippen molar-refractivity contribution in [3.05, 3.63) is 66.0 Å². The summed E-state index contributed by atoms with van der Waals surface area (Å²) >= 11 is 0. The molecule has 0 amide bonds. The molecule has 0 radical (unpaired) electrons. The zero-order valence-corrected chi connectivity index (χ0v) is 19.2. The van der Waals surface area contributed by atoms with Gasteiger partial charge in [-0.2, -0.15) is 15.1 Å². The molecular weight excluding hydrogens is 475 g/mol. The van der Waals surface area contributed by atoms with Crippen LogP contribution in [-0.2, 0) is 4.74 Å². The molecule has 12 heteroatoms. The first kappa shape index (κ1) is 23.5. The number of hydrogen-bond donors (Lipinski definition) is 1. The van der Waals surface area contributed by atoms with Crippen LogP contribution in [0.5, 0.6) is 5.75 Å².